The average molecular weight is 476 g/mol. The molecule has 3 aromatic carbocycles. The van der Waals surface area contributed by atoms with Crippen LogP contribution in [-0.4, -0.2) is 31.4 Å². The van der Waals surface area contributed by atoms with E-state index in [-0.39, 0.29) is 11.7 Å². The molecule has 0 saturated carbocycles. The molecule has 3 aromatic rings. The molecule has 0 saturated heterocycles. The van der Waals surface area contributed by atoms with Crippen molar-refractivity contribution >= 4 is 45.5 Å². The highest BCUT2D eigenvalue weighted by Gasteiger charge is 2.13. The van der Waals surface area contributed by atoms with E-state index in [1.54, 1.807) is 18.2 Å². The largest absolute Gasteiger partial charge is 0.504 e. The van der Waals surface area contributed by atoms with Gasteiger partial charge in [0.2, 0.25) is 0 Å². The molecule has 1 amide bonds. The summed E-state index contributed by atoms with van der Waals surface area (Å²) in [5.41, 5.74) is 3.58. The maximum atomic E-state index is 12.5. The summed E-state index contributed by atoms with van der Waals surface area (Å²) in [7, 11) is 2.99. The average Bonchev–Trinajstić information content (AvgIpc) is 2.69. The van der Waals surface area contributed by atoms with Crippen LogP contribution >= 0.6 is 22.6 Å². The van der Waals surface area contributed by atoms with Crippen molar-refractivity contribution in [3.05, 3.63) is 63.2 Å². The van der Waals surface area contributed by atoms with E-state index in [4.69, 9.17) is 9.47 Å². The minimum atomic E-state index is -0.380. The lowest BCUT2D eigenvalue weighted by molar-refractivity contribution is 0.0952. The summed E-state index contributed by atoms with van der Waals surface area (Å²) in [5.74, 6) is 0.502. The fourth-order valence-electron chi connectivity index (χ4n) is 2.62. The highest BCUT2D eigenvalue weighted by atomic mass is 127. The van der Waals surface area contributed by atoms with Crippen LogP contribution in [0.15, 0.2) is 53.6 Å². The number of phenols is 1. The number of ether oxygens (including phenoxy) is 2. The second kappa shape index (κ2) is 8.26. The number of hydrazone groups is 1. The zero-order valence-electron chi connectivity index (χ0n) is 14.7. The smallest absolute Gasteiger partial charge is 0.275 e. The number of carbonyl (C=O) groups is 1. The first-order valence-corrected chi connectivity index (χ1v) is 9.08. The second-order valence-electron chi connectivity index (χ2n) is 5.65. The predicted octanol–water partition coefficient (Wildman–Crippen LogP) is 3.93. The summed E-state index contributed by atoms with van der Waals surface area (Å²) in [6.45, 7) is 0. The van der Waals surface area contributed by atoms with Crippen LogP contribution in [0.3, 0.4) is 0 Å². The van der Waals surface area contributed by atoms with Gasteiger partial charge in [0.25, 0.3) is 5.91 Å². The molecule has 138 valence electrons. The predicted molar refractivity (Wildman–Crippen MR) is 113 cm³/mol. The molecule has 0 aromatic heterocycles. The van der Waals surface area contributed by atoms with Crippen molar-refractivity contribution in [2.24, 2.45) is 5.10 Å². The lowest BCUT2D eigenvalue weighted by Gasteiger charge is -2.09. The molecule has 0 atom stereocenters. The summed E-state index contributed by atoms with van der Waals surface area (Å²) in [6, 6.07) is 14.7. The third-order valence-electron chi connectivity index (χ3n) is 3.96. The van der Waals surface area contributed by atoms with Gasteiger partial charge in [-0.15, -0.1) is 0 Å². The van der Waals surface area contributed by atoms with Gasteiger partial charge in [0.05, 0.1) is 29.6 Å². The van der Waals surface area contributed by atoms with E-state index in [1.807, 2.05) is 52.9 Å². The van der Waals surface area contributed by atoms with E-state index < -0.39 is 0 Å². The molecule has 3 rings (SSSR count). The Hall–Kier alpha value is -2.81. The number of methoxy groups -OCH3 is 2. The quantitative estimate of drug-likeness (QED) is 0.332. The van der Waals surface area contributed by atoms with Gasteiger partial charge in [-0.05, 0) is 63.2 Å². The molecule has 27 heavy (non-hydrogen) atoms. The first-order valence-electron chi connectivity index (χ1n) is 8.00. The topological polar surface area (TPSA) is 80.2 Å². The number of fused-ring (bicyclic) bond motifs is 1. The number of carbonyl (C=O) groups excluding carboxylic acids is 1. The first kappa shape index (κ1) is 19.0. The normalized spacial score (nSPS) is 10.9. The monoisotopic (exact) mass is 476 g/mol. The number of aromatic hydroxyl groups is 1. The van der Waals surface area contributed by atoms with E-state index in [1.165, 1.54) is 20.4 Å². The van der Waals surface area contributed by atoms with Gasteiger partial charge in [-0.1, -0.05) is 24.3 Å². The minimum Gasteiger partial charge on any atom is -0.504 e. The van der Waals surface area contributed by atoms with Gasteiger partial charge in [-0.2, -0.15) is 5.10 Å². The Morgan fingerprint density at radius 2 is 1.74 bits per heavy atom. The van der Waals surface area contributed by atoms with Crippen molar-refractivity contribution < 1.29 is 19.4 Å². The Balaban J connectivity index is 1.83. The number of halogens is 1. The third-order valence-corrected chi connectivity index (χ3v) is 4.79. The van der Waals surface area contributed by atoms with Crippen LogP contribution in [0.5, 0.6) is 17.2 Å². The summed E-state index contributed by atoms with van der Waals surface area (Å²) < 4.78 is 11.1. The van der Waals surface area contributed by atoms with Crippen LogP contribution in [0.1, 0.15) is 15.9 Å². The molecular weight excluding hydrogens is 459 g/mol. The maximum absolute atomic E-state index is 12.5. The fraction of sp³-hybridized carbons (Fsp3) is 0.100. The van der Waals surface area contributed by atoms with E-state index in [0.29, 0.717) is 26.2 Å². The SMILES string of the molecule is COc1cc2ccccc2cc1C(=O)N/N=C\c1cc(I)c(O)c(OC)c1. The van der Waals surface area contributed by atoms with Gasteiger partial charge in [0.15, 0.2) is 11.5 Å². The number of hydrogen-bond donors (Lipinski definition) is 2. The van der Waals surface area contributed by atoms with E-state index >= 15 is 0 Å². The summed E-state index contributed by atoms with van der Waals surface area (Å²) in [6.07, 6.45) is 1.48. The molecule has 0 spiro atoms. The zero-order valence-corrected chi connectivity index (χ0v) is 16.9. The van der Waals surface area contributed by atoms with Gasteiger partial charge < -0.3 is 14.6 Å². The molecule has 7 heteroatoms. The van der Waals surface area contributed by atoms with Crippen LogP contribution in [0, 0.1) is 3.57 Å². The Kier molecular flexibility index (Phi) is 5.80. The number of nitrogens with zero attached hydrogens (tertiary/aromatic N) is 1. The Morgan fingerprint density at radius 3 is 2.41 bits per heavy atom. The van der Waals surface area contributed by atoms with E-state index in [2.05, 4.69) is 10.5 Å². The summed E-state index contributed by atoms with van der Waals surface area (Å²) in [4.78, 5) is 12.5. The Bertz CT molecular complexity index is 1030. The summed E-state index contributed by atoms with van der Waals surface area (Å²) in [5, 5.41) is 15.8. The molecule has 0 heterocycles. The van der Waals surface area contributed by atoms with Gasteiger partial charge in [-0.25, -0.2) is 5.43 Å². The van der Waals surface area contributed by atoms with Crippen LogP contribution in [0.2, 0.25) is 0 Å². The van der Waals surface area contributed by atoms with Crippen molar-refractivity contribution in [1.29, 1.82) is 0 Å². The van der Waals surface area contributed by atoms with Gasteiger partial charge >= 0.3 is 0 Å². The first-order chi connectivity index (χ1) is 13.0. The number of hydrogen-bond acceptors (Lipinski definition) is 5. The number of nitrogens with one attached hydrogen (secondary N) is 1. The molecule has 0 unspecified atom stereocenters. The molecular formula is C20H17IN2O4. The Morgan fingerprint density at radius 1 is 1.07 bits per heavy atom. The van der Waals surface area contributed by atoms with Crippen LogP contribution in [0.25, 0.3) is 10.8 Å². The maximum Gasteiger partial charge on any atom is 0.275 e. The highest BCUT2D eigenvalue weighted by molar-refractivity contribution is 14.1. The van der Waals surface area contributed by atoms with Crippen molar-refractivity contribution in [3.8, 4) is 17.2 Å². The molecule has 0 radical (unpaired) electrons. The Labute approximate surface area is 169 Å². The van der Waals surface area contributed by atoms with Gasteiger partial charge in [0, 0.05) is 0 Å². The number of phenolic OH excluding ortho intramolecular Hbond substituents is 1. The number of amides is 1. The molecule has 6 nitrogen and oxygen atoms in total. The number of benzene rings is 3. The molecule has 0 aliphatic carbocycles. The number of rotatable bonds is 5. The lowest BCUT2D eigenvalue weighted by Crippen LogP contribution is -2.18. The molecule has 2 N–H and O–H groups in total. The van der Waals surface area contributed by atoms with E-state index in [0.717, 1.165) is 10.8 Å². The lowest BCUT2D eigenvalue weighted by atomic mass is 10.1. The summed E-state index contributed by atoms with van der Waals surface area (Å²) >= 11 is 2.00. The zero-order chi connectivity index (χ0) is 19.4. The third kappa shape index (κ3) is 4.13. The van der Waals surface area contributed by atoms with Crippen molar-refractivity contribution in [3.63, 3.8) is 0 Å². The van der Waals surface area contributed by atoms with Crippen LogP contribution in [-0.2, 0) is 0 Å². The molecule has 0 aliphatic heterocycles. The van der Waals surface area contributed by atoms with E-state index in [9.17, 15) is 9.90 Å². The highest BCUT2D eigenvalue weighted by Crippen LogP contribution is 2.31. The van der Waals surface area contributed by atoms with Gasteiger partial charge in [0.1, 0.15) is 5.75 Å². The standard InChI is InChI=1S/C20H17IN2O4/c1-26-17-10-14-6-4-3-5-13(14)9-15(17)20(25)23-22-11-12-7-16(21)19(24)18(8-12)27-2/h3-11,24H,1-2H3,(H,23,25)/b22-11-. The van der Waals surface area contributed by atoms with Crippen LogP contribution in [0.4, 0.5) is 0 Å². The molecule has 0 bridgehead atoms. The van der Waals surface area contributed by atoms with Crippen molar-refractivity contribution in [1.82, 2.24) is 5.43 Å². The van der Waals surface area contributed by atoms with Crippen LogP contribution < -0.4 is 14.9 Å². The van der Waals surface area contributed by atoms with Crippen molar-refractivity contribution in [2.45, 2.75) is 0 Å². The second-order valence-corrected chi connectivity index (χ2v) is 6.81. The molecule has 0 fully saturated rings. The molecule has 0 aliphatic rings. The van der Waals surface area contributed by atoms with Gasteiger partial charge in [-0.3, -0.25) is 4.79 Å². The minimum absolute atomic E-state index is 0.0696. The van der Waals surface area contributed by atoms with Crippen molar-refractivity contribution in [2.75, 3.05) is 14.2 Å². The fourth-order valence-corrected chi connectivity index (χ4v) is 3.24.